The molecular weight excluding hydrogens is 413 g/mol. The van der Waals surface area contributed by atoms with Crippen molar-refractivity contribution < 1.29 is 35.9 Å². The van der Waals surface area contributed by atoms with Gasteiger partial charge in [-0.3, -0.25) is 4.79 Å². The largest absolute Gasteiger partial charge is 0.452 e. The van der Waals surface area contributed by atoms with Crippen molar-refractivity contribution in [1.29, 1.82) is 0 Å². The van der Waals surface area contributed by atoms with Gasteiger partial charge in [0.25, 0.3) is 5.91 Å². The Labute approximate surface area is 159 Å². The van der Waals surface area contributed by atoms with Gasteiger partial charge in [-0.25, -0.2) is 13.2 Å². The number of benzene rings is 1. The number of carbonyl (C=O) groups excluding carboxylic acids is 2. The van der Waals surface area contributed by atoms with E-state index in [2.05, 4.69) is 4.74 Å². The average molecular weight is 431 g/mol. The molecule has 0 aliphatic heterocycles. The number of hydrogen-bond acceptors (Lipinski definition) is 5. The molecule has 0 heterocycles. The summed E-state index contributed by atoms with van der Waals surface area (Å²) < 4.78 is 66.8. The molecule has 0 unspecified atom stereocenters. The van der Waals surface area contributed by atoms with E-state index in [-0.39, 0.29) is 28.6 Å². The molecule has 12 heteroatoms. The minimum absolute atomic E-state index is 0.130. The lowest BCUT2D eigenvalue weighted by Gasteiger charge is -2.19. The van der Waals surface area contributed by atoms with Crippen molar-refractivity contribution in [1.82, 2.24) is 9.62 Å². The lowest BCUT2D eigenvalue weighted by Crippen LogP contribution is -2.36. The van der Waals surface area contributed by atoms with Gasteiger partial charge in [-0.05, 0) is 18.2 Å². The predicted octanol–water partition coefficient (Wildman–Crippen LogP) is 2.21. The number of rotatable bonds is 8. The van der Waals surface area contributed by atoms with E-state index in [4.69, 9.17) is 11.6 Å². The number of carbonyl (C=O) groups is 2. The summed E-state index contributed by atoms with van der Waals surface area (Å²) in [6.07, 6.45) is -4.60. The third kappa shape index (κ3) is 6.67. The van der Waals surface area contributed by atoms with E-state index in [0.29, 0.717) is 0 Å². The highest BCUT2D eigenvalue weighted by Gasteiger charge is 2.28. The number of alkyl halides is 3. The van der Waals surface area contributed by atoms with Crippen LogP contribution in [0.3, 0.4) is 0 Å². The monoisotopic (exact) mass is 430 g/mol. The van der Waals surface area contributed by atoms with Gasteiger partial charge < -0.3 is 10.1 Å². The van der Waals surface area contributed by atoms with Crippen LogP contribution in [0.5, 0.6) is 0 Å². The Morgan fingerprint density at radius 3 is 2.33 bits per heavy atom. The maximum absolute atomic E-state index is 12.5. The van der Waals surface area contributed by atoms with Gasteiger partial charge in [0.15, 0.2) is 6.61 Å². The first-order valence-corrected chi connectivity index (χ1v) is 9.54. The first kappa shape index (κ1) is 23.2. The van der Waals surface area contributed by atoms with Crippen molar-refractivity contribution in [2.24, 2.45) is 0 Å². The summed E-state index contributed by atoms with van der Waals surface area (Å²) in [6, 6.07) is 3.38. The maximum Gasteiger partial charge on any atom is 0.405 e. The number of esters is 1. The topological polar surface area (TPSA) is 92.8 Å². The van der Waals surface area contributed by atoms with Crippen molar-refractivity contribution >= 4 is 33.5 Å². The first-order chi connectivity index (χ1) is 12.4. The van der Waals surface area contributed by atoms with Crippen LogP contribution in [0.2, 0.25) is 5.02 Å². The second kappa shape index (κ2) is 9.38. The van der Waals surface area contributed by atoms with Crippen molar-refractivity contribution in [2.75, 3.05) is 26.2 Å². The van der Waals surface area contributed by atoms with Crippen molar-refractivity contribution in [3.63, 3.8) is 0 Å². The number of halogens is 4. The Bertz CT molecular complexity index is 795. The van der Waals surface area contributed by atoms with E-state index in [0.717, 1.165) is 10.4 Å². The molecule has 1 rings (SSSR count). The van der Waals surface area contributed by atoms with Gasteiger partial charge in [-0.1, -0.05) is 25.4 Å². The molecule has 7 nitrogen and oxygen atoms in total. The Morgan fingerprint density at radius 1 is 1.22 bits per heavy atom. The summed E-state index contributed by atoms with van der Waals surface area (Å²) in [5.41, 5.74) is -0.325. The van der Waals surface area contributed by atoms with Gasteiger partial charge >= 0.3 is 12.1 Å². The molecule has 27 heavy (non-hydrogen) atoms. The van der Waals surface area contributed by atoms with Gasteiger partial charge in [0.05, 0.1) is 15.5 Å². The standard InChI is InChI=1S/C15H18ClF3N2O5S/c1-3-21(4-2)27(24,25)10-5-6-12(16)11(7-10)14(23)26-8-13(22)20-9-15(17,18)19/h5-7H,3-4,8-9H2,1-2H3,(H,20,22). The summed E-state index contributed by atoms with van der Waals surface area (Å²) in [5.74, 6) is -2.30. The quantitative estimate of drug-likeness (QED) is 0.638. The van der Waals surface area contributed by atoms with E-state index in [1.807, 2.05) is 0 Å². The number of ether oxygens (including phenoxy) is 1. The smallest absolute Gasteiger partial charge is 0.405 e. The maximum atomic E-state index is 12.5. The van der Waals surface area contributed by atoms with Crippen LogP contribution < -0.4 is 5.32 Å². The Balaban J connectivity index is 2.91. The van der Waals surface area contributed by atoms with Crippen LogP contribution in [0.4, 0.5) is 13.2 Å². The number of sulfonamides is 1. The van der Waals surface area contributed by atoms with Gasteiger partial charge in [0.1, 0.15) is 6.54 Å². The Hall–Kier alpha value is -1.85. The van der Waals surface area contributed by atoms with E-state index < -0.39 is 41.2 Å². The van der Waals surface area contributed by atoms with Gasteiger partial charge in [-0.15, -0.1) is 0 Å². The molecule has 0 aliphatic rings. The summed E-state index contributed by atoms with van der Waals surface area (Å²) >= 11 is 5.87. The number of amides is 1. The molecule has 1 aromatic rings. The molecule has 0 fully saturated rings. The number of nitrogens with zero attached hydrogens (tertiary/aromatic N) is 1. The highest BCUT2D eigenvalue weighted by atomic mass is 35.5. The van der Waals surface area contributed by atoms with Crippen LogP contribution in [0, 0.1) is 0 Å². The SMILES string of the molecule is CCN(CC)S(=O)(=O)c1ccc(Cl)c(C(=O)OCC(=O)NCC(F)(F)F)c1. The predicted molar refractivity (Wildman–Crippen MR) is 90.9 cm³/mol. The molecule has 1 aromatic carbocycles. The van der Waals surface area contributed by atoms with Crippen LogP contribution >= 0.6 is 11.6 Å². The van der Waals surface area contributed by atoms with E-state index in [1.165, 1.54) is 17.4 Å². The highest BCUT2D eigenvalue weighted by Crippen LogP contribution is 2.23. The van der Waals surface area contributed by atoms with Crippen LogP contribution in [-0.2, 0) is 19.6 Å². The van der Waals surface area contributed by atoms with Crippen LogP contribution in [-0.4, -0.2) is 57.0 Å². The second-order valence-electron chi connectivity index (χ2n) is 5.20. The second-order valence-corrected chi connectivity index (χ2v) is 7.54. The van der Waals surface area contributed by atoms with Crippen LogP contribution in [0.15, 0.2) is 23.1 Å². The fourth-order valence-corrected chi connectivity index (χ4v) is 3.67. The molecule has 0 aromatic heterocycles. The highest BCUT2D eigenvalue weighted by molar-refractivity contribution is 7.89. The molecule has 0 saturated heterocycles. The molecule has 0 bridgehead atoms. The summed E-state index contributed by atoms with van der Waals surface area (Å²) in [4.78, 5) is 23.1. The fourth-order valence-electron chi connectivity index (χ4n) is 1.99. The van der Waals surface area contributed by atoms with Gasteiger partial charge in [-0.2, -0.15) is 17.5 Å². The van der Waals surface area contributed by atoms with Gasteiger partial charge in [0, 0.05) is 13.1 Å². The van der Waals surface area contributed by atoms with E-state index in [9.17, 15) is 31.2 Å². The molecule has 152 valence electrons. The van der Waals surface area contributed by atoms with Crippen molar-refractivity contribution in [3.8, 4) is 0 Å². The third-order valence-corrected chi connectivity index (χ3v) is 5.70. The van der Waals surface area contributed by atoms with Crippen LogP contribution in [0.1, 0.15) is 24.2 Å². The zero-order chi connectivity index (χ0) is 20.8. The minimum atomic E-state index is -4.60. The molecule has 1 N–H and O–H groups in total. The molecule has 0 radical (unpaired) electrons. The first-order valence-electron chi connectivity index (χ1n) is 7.72. The van der Waals surface area contributed by atoms with E-state index >= 15 is 0 Å². The summed E-state index contributed by atoms with van der Waals surface area (Å²) in [6.45, 7) is 1.17. The third-order valence-electron chi connectivity index (χ3n) is 3.32. The molecule has 0 spiro atoms. The zero-order valence-corrected chi connectivity index (χ0v) is 16.0. The average Bonchev–Trinajstić information content (AvgIpc) is 2.58. The molecule has 0 atom stereocenters. The fraction of sp³-hybridized carbons (Fsp3) is 0.467. The zero-order valence-electron chi connectivity index (χ0n) is 14.5. The molecular formula is C15H18ClF3N2O5S. The van der Waals surface area contributed by atoms with Crippen LogP contribution in [0.25, 0.3) is 0 Å². The number of hydrogen-bond donors (Lipinski definition) is 1. The minimum Gasteiger partial charge on any atom is -0.452 e. The Morgan fingerprint density at radius 2 is 1.81 bits per heavy atom. The van der Waals surface area contributed by atoms with Gasteiger partial charge in [0.2, 0.25) is 10.0 Å². The summed E-state index contributed by atoms with van der Waals surface area (Å²) in [5, 5.41) is 1.40. The summed E-state index contributed by atoms with van der Waals surface area (Å²) in [7, 11) is -3.87. The van der Waals surface area contributed by atoms with Crippen molar-refractivity contribution in [2.45, 2.75) is 24.9 Å². The Kier molecular flexibility index (Phi) is 8.05. The van der Waals surface area contributed by atoms with E-state index in [1.54, 1.807) is 13.8 Å². The van der Waals surface area contributed by atoms with Crippen molar-refractivity contribution in [3.05, 3.63) is 28.8 Å². The molecule has 1 amide bonds. The lowest BCUT2D eigenvalue weighted by atomic mass is 10.2. The lowest BCUT2D eigenvalue weighted by molar-refractivity contribution is -0.140. The number of nitrogens with one attached hydrogen (secondary N) is 1. The normalized spacial score (nSPS) is 12.1. The molecule has 0 saturated carbocycles. The molecule has 0 aliphatic carbocycles.